The van der Waals surface area contributed by atoms with Gasteiger partial charge in [0.1, 0.15) is 0 Å². The molecule has 0 aromatic carbocycles. The van der Waals surface area contributed by atoms with Crippen LogP contribution in [0.1, 0.15) is 53.2 Å². The second kappa shape index (κ2) is 5.73. The average Bonchev–Trinajstić information content (AvgIpc) is 3.27. The molecule has 0 saturated carbocycles. The fourth-order valence-corrected chi connectivity index (χ4v) is 4.28. The third kappa shape index (κ3) is 2.57. The van der Waals surface area contributed by atoms with Gasteiger partial charge in [0.15, 0.2) is 0 Å². The number of hydrogen-bond donors (Lipinski definition) is 1. The van der Waals surface area contributed by atoms with E-state index >= 15 is 0 Å². The standard InChI is InChI=1S/C18H29BN4O3/c1-6-20-15(24)22-9-7-18(12-22)8-10-23-13(18)11-14(21-23)19-25-16(2,3)17(4,5)26-19/h11H,6-10,12H2,1-5H3,(H,20,24). The predicted octanol–water partition coefficient (Wildman–Crippen LogP) is 1.26. The van der Waals surface area contributed by atoms with Crippen LogP contribution in [0.2, 0.25) is 0 Å². The van der Waals surface area contributed by atoms with E-state index in [4.69, 9.17) is 14.4 Å². The van der Waals surface area contributed by atoms with Crippen molar-refractivity contribution in [2.75, 3.05) is 19.6 Å². The molecular weight excluding hydrogens is 331 g/mol. The molecule has 0 bridgehead atoms. The molecule has 1 spiro atoms. The highest BCUT2D eigenvalue weighted by Gasteiger charge is 2.54. The lowest BCUT2D eigenvalue weighted by Gasteiger charge is -2.32. The van der Waals surface area contributed by atoms with E-state index in [-0.39, 0.29) is 22.6 Å². The summed E-state index contributed by atoms with van der Waals surface area (Å²) in [5, 5.41) is 7.69. The van der Waals surface area contributed by atoms with Gasteiger partial charge in [-0.05, 0) is 53.5 Å². The second-order valence-corrected chi connectivity index (χ2v) is 8.80. The SMILES string of the molecule is CCNC(=O)N1CCC2(CCn3nc(B4OC(C)(C)C(C)(C)O4)cc32)C1. The normalized spacial score (nSPS) is 28.8. The molecule has 1 aromatic rings. The number of nitrogens with zero attached hydrogens (tertiary/aromatic N) is 3. The lowest BCUT2D eigenvalue weighted by atomic mass is 9.79. The number of amides is 2. The fourth-order valence-electron chi connectivity index (χ4n) is 4.28. The highest BCUT2D eigenvalue weighted by atomic mass is 16.7. The number of nitrogens with one attached hydrogen (secondary N) is 1. The molecule has 0 aliphatic carbocycles. The van der Waals surface area contributed by atoms with Crippen molar-refractivity contribution in [3.05, 3.63) is 11.8 Å². The first kappa shape index (κ1) is 17.9. The Kier molecular flexibility index (Phi) is 3.93. The van der Waals surface area contributed by atoms with E-state index in [2.05, 4.69) is 43.8 Å². The van der Waals surface area contributed by atoms with Crippen molar-refractivity contribution in [2.45, 2.75) is 70.6 Å². The Morgan fingerprint density at radius 2 is 1.88 bits per heavy atom. The van der Waals surface area contributed by atoms with Crippen molar-refractivity contribution in [1.29, 1.82) is 0 Å². The molecule has 7 nitrogen and oxygen atoms in total. The number of likely N-dealkylation sites (tertiary alicyclic amines) is 1. The van der Waals surface area contributed by atoms with Crippen LogP contribution in [0.5, 0.6) is 0 Å². The van der Waals surface area contributed by atoms with Crippen LogP contribution in [0.15, 0.2) is 6.07 Å². The molecule has 26 heavy (non-hydrogen) atoms. The van der Waals surface area contributed by atoms with Crippen LogP contribution in [0.25, 0.3) is 0 Å². The van der Waals surface area contributed by atoms with E-state index in [0.717, 1.165) is 38.1 Å². The third-order valence-corrected chi connectivity index (χ3v) is 6.61. The van der Waals surface area contributed by atoms with Crippen LogP contribution in [0.4, 0.5) is 4.79 Å². The molecule has 2 fully saturated rings. The van der Waals surface area contributed by atoms with Gasteiger partial charge in [-0.1, -0.05) is 0 Å². The Labute approximate surface area is 155 Å². The van der Waals surface area contributed by atoms with Gasteiger partial charge in [-0.15, -0.1) is 0 Å². The molecule has 1 N–H and O–H groups in total. The van der Waals surface area contributed by atoms with Crippen molar-refractivity contribution in [3.8, 4) is 0 Å². The Morgan fingerprint density at radius 1 is 1.23 bits per heavy atom. The van der Waals surface area contributed by atoms with E-state index in [0.29, 0.717) is 6.54 Å². The van der Waals surface area contributed by atoms with Gasteiger partial charge in [0.2, 0.25) is 0 Å². The largest absolute Gasteiger partial charge is 0.516 e. The van der Waals surface area contributed by atoms with Gasteiger partial charge in [0, 0.05) is 37.3 Å². The van der Waals surface area contributed by atoms with Crippen molar-refractivity contribution in [2.24, 2.45) is 0 Å². The lowest BCUT2D eigenvalue weighted by Crippen LogP contribution is -2.41. The number of rotatable bonds is 2. The zero-order chi connectivity index (χ0) is 18.7. The van der Waals surface area contributed by atoms with Crippen LogP contribution in [-0.4, -0.2) is 58.7 Å². The van der Waals surface area contributed by atoms with Gasteiger partial charge in [0.25, 0.3) is 0 Å². The number of aromatic nitrogens is 2. The number of carbonyl (C=O) groups excluding carboxylic acids is 1. The Balaban J connectivity index is 1.56. The van der Waals surface area contributed by atoms with Gasteiger partial charge < -0.3 is 19.5 Å². The van der Waals surface area contributed by atoms with Gasteiger partial charge in [-0.3, -0.25) is 4.68 Å². The van der Waals surface area contributed by atoms with Gasteiger partial charge in [-0.25, -0.2) is 4.79 Å². The van der Waals surface area contributed by atoms with Crippen molar-refractivity contribution in [1.82, 2.24) is 20.0 Å². The summed E-state index contributed by atoms with van der Waals surface area (Å²) in [6, 6.07) is 2.17. The van der Waals surface area contributed by atoms with Crippen molar-refractivity contribution in [3.63, 3.8) is 0 Å². The predicted molar refractivity (Wildman–Crippen MR) is 99.5 cm³/mol. The molecule has 4 heterocycles. The van der Waals surface area contributed by atoms with Crippen LogP contribution >= 0.6 is 0 Å². The second-order valence-electron chi connectivity index (χ2n) is 8.80. The highest BCUT2D eigenvalue weighted by molar-refractivity contribution is 6.61. The first-order valence-corrected chi connectivity index (χ1v) is 9.64. The summed E-state index contributed by atoms with van der Waals surface area (Å²) in [4.78, 5) is 14.1. The first-order chi connectivity index (χ1) is 12.2. The van der Waals surface area contributed by atoms with E-state index in [1.165, 1.54) is 5.69 Å². The van der Waals surface area contributed by atoms with E-state index < -0.39 is 7.12 Å². The summed E-state index contributed by atoms with van der Waals surface area (Å²) < 4.78 is 14.4. The summed E-state index contributed by atoms with van der Waals surface area (Å²) in [6.07, 6.45) is 2.02. The summed E-state index contributed by atoms with van der Waals surface area (Å²) in [7, 11) is -0.434. The molecule has 1 unspecified atom stereocenters. The van der Waals surface area contributed by atoms with Gasteiger partial charge in [-0.2, -0.15) is 5.10 Å². The first-order valence-electron chi connectivity index (χ1n) is 9.64. The van der Waals surface area contributed by atoms with Crippen LogP contribution < -0.4 is 10.9 Å². The molecule has 1 aromatic heterocycles. The summed E-state index contributed by atoms with van der Waals surface area (Å²) >= 11 is 0. The number of aryl methyl sites for hydroxylation is 1. The van der Waals surface area contributed by atoms with Crippen LogP contribution in [0, 0.1) is 0 Å². The summed E-state index contributed by atoms with van der Waals surface area (Å²) in [6.45, 7) is 13.3. The third-order valence-electron chi connectivity index (χ3n) is 6.61. The van der Waals surface area contributed by atoms with Crippen LogP contribution in [-0.2, 0) is 21.3 Å². The molecule has 4 rings (SSSR count). The number of fused-ring (bicyclic) bond motifs is 2. The monoisotopic (exact) mass is 360 g/mol. The van der Waals surface area contributed by atoms with Crippen molar-refractivity contribution >= 4 is 18.7 Å². The zero-order valence-corrected chi connectivity index (χ0v) is 16.5. The maximum absolute atomic E-state index is 12.2. The Hall–Kier alpha value is -1.54. The van der Waals surface area contributed by atoms with E-state index in [9.17, 15) is 4.79 Å². The topological polar surface area (TPSA) is 68.6 Å². The molecule has 3 aliphatic rings. The maximum Gasteiger partial charge on any atom is 0.516 e. The van der Waals surface area contributed by atoms with Crippen molar-refractivity contribution < 1.29 is 14.1 Å². The Bertz CT molecular complexity index is 716. The number of hydrogen-bond acceptors (Lipinski definition) is 4. The number of urea groups is 1. The smallest absolute Gasteiger partial charge is 0.398 e. The van der Waals surface area contributed by atoms with Crippen LogP contribution in [0.3, 0.4) is 0 Å². The molecule has 142 valence electrons. The summed E-state index contributed by atoms with van der Waals surface area (Å²) in [5.74, 6) is 0. The minimum atomic E-state index is -0.434. The zero-order valence-electron chi connectivity index (χ0n) is 16.5. The molecule has 2 amide bonds. The van der Waals surface area contributed by atoms with Gasteiger partial charge >= 0.3 is 13.1 Å². The minimum Gasteiger partial charge on any atom is -0.398 e. The fraction of sp³-hybridized carbons (Fsp3) is 0.778. The molecular formula is C18H29BN4O3. The molecule has 3 aliphatic heterocycles. The minimum absolute atomic E-state index is 0.0139. The lowest BCUT2D eigenvalue weighted by molar-refractivity contribution is 0.00578. The maximum atomic E-state index is 12.2. The van der Waals surface area contributed by atoms with Gasteiger partial charge in [0.05, 0.1) is 16.8 Å². The van der Waals surface area contributed by atoms with E-state index in [1.807, 2.05) is 11.8 Å². The Morgan fingerprint density at radius 3 is 2.54 bits per heavy atom. The summed E-state index contributed by atoms with van der Waals surface area (Å²) in [5.41, 5.74) is 1.33. The molecule has 0 radical (unpaired) electrons. The quantitative estimate of drug-likeness (QED) is 0.807. The number of carbonyl (C=O) groups is 1. The molecule has 8 heteroatoms. The molecule has 2 saturated heterocycles. The average molecular weight is 360 g/mol. The van der Waals surface area contributed by atoms with E-state index in [1.54, 1.807) is 0 Å². The molecule has 1 atom stereocenters. The highest BCUT2D eigenvalue weighted by Crippen LogP contribution is 2.42.